The van der Waals surface area contributed by atoms with Gasteiger partial charge in [-0.1, -0.05) is 24.3 Å². The predicted molar refractivity (Wildman–Crippen MR) is 272 cm³/mol. The van der Waals surface area contributed by atoms with Crippen LogP contribution in [0.2, 0.25) is 0 Å². The fourth-order valence-electron chi connectivity index (χ4n) is 14.1. The van der Waals surface area contributed by atoms with Crippen LogP contribution in [0, 0.1) is 35.5 Å². The summed E-state index contributed by atoms with van der Waals surface area (Å²) in [5, 5.41) is 0. The van der Waals surface area contributed by atoms with Gasteiger partial charge in [0.05, 0.1) is 85.0 Å². The number of hydrogen-bond acceptors (Lipinski definition) is 8. The van der Waals surface area contributed by atoms with E-state index in [-0.39, 0.29) is 45.2 Å². The molecule has 1 spiro atoms. The first kappa shape index (κ1) is 53.6. The zero-order valence-electron chi connectivity index (χ0n) is 42.2. The SMILES string of the molecule is Br.Br.CCOc1cccc(C(OC)=C2C3CC4CC2CC(OCC[N+](C)(CC)CC)(C4)C3)c1.CCOc1cccc(C2(OC)OOC23C2CC4CC3CC(OCC[N+](C)(CC)CC)(C4)C2)c1. The summed E-state index contributed by atoms with van der Waals surface area (Å²) >= 11 is 0. The maximum atomic E-state index is 6.79. The van der Waals surface area contributed by atoms with Crippen molar-refractivity contribution in [1.82, 2.24) is 0 Å². The number of allylic oxidation sites excluding steroid dienone is 1. The van der Waals surface area contributed by atoms with Gasteiger partial charge in [-0.3, -0.25) is 0 Å². The number of rotatable bonds is 20. The van der Waals surface area contributed by atoms with Crippen molar-refractivity contribution >= 4 is 39.7 Å². The Bertz CT molecular complexity index is 1900. The van der Waals surface area contributed by atoms with Crippen LogP contribution < -0.4 is 9.47 Å². The molecule has 2 aromatic carbocycles. The summed E-state index contributed by atoms with van der Waals surface area (Å²) in [5.74, 6) is 5.41. The second-order valence-corrected chi connectivity index (χ2v) is 21.4. The van der Waals surface area contributed by atoms with Gasteiger partial charge in [0.25, 0.3) is 5.79 Å². The second-order valence-electron chi connectivity index (χ2n) is 21.4. The first-order valence-electron chi connectivity index (χ1n) is 25.4. The molecule has 10 nitrogen and oxygen atoms in total. The number of benzene rings is 2. The Kier molecular flexibility index (Phi) is 17.6. The standard InChI is InChI=1S/C27H42NO5.C27H42NO3.2BrH/c1-6-28(4,7-2)12-13-31-25-17-20-14-22(18-25)26(23(15-20)19-25)27(29-5,33-32-26)21-10-9-11-24(16-21)30-8-3;1-6-28(4,7-2)12-13-31-27-17-20-14-22(18-27)25(23(15-20)19-27)26(29-5)21-10-9-11-24(16-21)30-8-3;;/h9-11,16,20,22-23H,6-8,12-15,17-19H2,1-5H3;9-11,16,20,22-23H,6-8,12-15,17-19H2,1-5H3;2*1H/q2*+1;;. The molecule has 5 atom stereocenters. The van der Waals surface area contributed by atoms with Gasteiger partial charge in [0.2, 0.25) is 0 Å². The molecule has 0 radical (unpaired) electrons. The lowest BCUT2D eigenvalue weighted by Gasteiger charge is -2.70. The minimum atomic E-state index is -0.885. The fourth-order valence-corrected chi connectivity index (χ4v) is 14.1. The van der Waals surface area contributed by atoms with E-state index in [2.05, 4.69) is 72.1 Å². The van der Waals surface area contributed by atoms with E-state index in [4.69, 9.17) is 38.2 Å². The maximum absolute atomic E-state index is 6.79. The molecule has 8 bridgehead atoms. The smallest absolute Gasteiger partial charge is 0.260 e. The van der Waals surface area contributed by atoms with Gasteiger partial charge >= 0.3 is 0 Å². The molecule has 0 N–H and O–H groups in total. The first-order valence-corrected chi connectivity index (χ1v) is 25.4. The molecule has 1 heterocycles. The molecule has 12 heteroatoms. The lowest BCUT2D eigenvalue weighted by Crippen LogP contribution is -2.78. The van der Waals surface area contributed by atoms with Crippen molar-refractivity contribution in [2.45, 2.75) is 128 Å². The normalized spacial score (nSPS) is 33.3. The summed E-state index contributed by atoms with van der Waals surface area (Å²) in [7, 11) is 8.27. The molecule has 5 unspecified atom stereocenters. The van der Waals surface area contributed by atoms with Crippen LogP contribution in [-0.4, -0.2) is 120 Å². The Morgan fingerprint density at radius 3 is 1.59 bits per heavy atom. The Balaban J connectivity index is 0.000000212. The lowest BCUT2D eigenvalue weighted by molar-refractivity contribution is -0.906. The van der Waals surface area contributed by atoms with Crippen LogP contribution in [-0.2, 0) is 34.5 Å². The van der Waals surface area contributed by atoms with Gasteiger partial charge in [-0.15, -0.1) is 34.0 Å². The van der Waals surface area contributed by atoms with E-state index in [0.717, 1.165) is 108 Å². The number of ether oxygens (including phenoxy) is 6. The van der Waals surface area contributed by atoms with E-state index in [1.165, 1.54) is 51.6 Å². The molecule has 1 aliphatic heterocycles. The van der Waals surface area contributed by atoms with Crippen LogP contribution in [0.25, 0.3) is 5.76 Å². The highest BCUT2D eigenvalue weighted by molar-refractivity contribution is 8.93. The van der Waals surface area contributed by atoms with Gasteiger partial charge in [-0.25, -0.2) is 4.89 Å². The van der Waals surface area contributed by atoms with Crippen molar-refractivity contribution in [1.29, 1.82) is 0 Å². The van der Waals surface area contributed by atoms with Gasteiger partial charge in [-0.2, -0.15) is 4.89 Å². The Labute approximate surface area is 419 Å². The number of hydrogen-bond donors (Lipinski definition) is 0. The van der Waals surface area contributed by atoms with Crippen LogP contribution in [0.4, 0.5) is 0 Å². The number of halogens is 2. The topological polar surface area (TPSA) is 73.8 Å². The van der Waals surface area contributed by atoms with Crippen molar-refractivity contribution < 1.29 is 47.2 Å². The molecular formula is C54H86Br2N2O8+2. The molecule has 1 saturated heterocycles. The van der Waals surface area contributed by atoms with Crippen LogP contribution >= 0.6 is 34.0 Å². The first-order chi connectivity index (χ1) is 30.8. The van der Waals surface area contributed by atoms with Gasteiger partial charge in [0.15, 0.2) is 5.60 Å². The monoisotopic (exact) mass is 1050 g/mol. The Hall–Kier alpha value is -1.74. The van der Waals surface area contributed by atoms with E-state index in [1.54, 1.807) is 12.7 Å². The highest BCUT2D eigenvalue weighted by Gasteiger charge is 2.78. The average Bonchev–Trinajstić information content (AvgIpc) is 3.27. The molecule has 66 heavy (non-hydrogen) atoms. The lowest BCUT2D eigenvalue weighted by atomic mass is 9.45. The number of methoxy groups -OCH3 is 2. The summed E-state index contributed by atoms with van der Waals surface area (Å²) in [6.45, 7) is 23.0. The van der Waals surface area contributed by atoms with Crippen LogP contribution in [0.15, 0.2) is 54.1 Å². The molecule has 2 aromatic rings. The zero-order valence-corrected chi connectivity index (χ0v) is 45.6. The van der Waals surface area contributed by atoms with Gasteiger partial charge in [-0.05, 0) is 159 Å². The van der Waals surface area contributed by atoms with E-state index in [0.29, 0.717) is 42.8 Å². The van der Waals surface area contributed by atoms with Crippen LogP contribution in [0.1, 0.15) is 117 Å². The van der Waals surface area contributed by atoms with E-state index in [9.17, 15) is 0 Å². The number of quaternary nitrogens is 2. The Morgan fingerprint density at radius 2 is 1.12 bits per heavy atom. The highest BCUT2D eigenvalue weighted by Crippen LogP contribution is 2.71. The second kappa shape index (κ2) is 21.7. The quantitative estimate of drug-likeness (QED) is 0.0738. The fraction of sp³-hybridized carbons (Fsp3) is 0.741. The summed E-state index contributed by atoms with van der Waals surface area (Å²) in [6.07, 6.45) is 11.8. The number of likely N-dealkylation sites (N-methyl/N-ethyl adjacent to an activating group) is 2. The minimum Gasteiger partial charge on any atom is -0.496 e. The molecule has 0 amide bonds. The van der Waals surface area contributed by atoms with Gasteiger partial charge in [0, 0.05) is 30.1 Å². The summed E-state index contributed by atoms with van der Waals surface area (Å²) in [6, 6.07) is 16.6. The van der Waals surface area contributed by atoms with Crippen molar-refractivity contribution in [3.63, 3.8) is 0 Å². The molecule has 0 aromatic heterocycles. The third-order valence-corrected chi connectivity index (χ3v) is 18.0. The predicted octanol–water partition coefficient (Wildman–Crippen LogP) is 11.3. The highest BCUT2D eigenvalue weighted by atomic mass is 79.9. The average molecular weight is 1050 g/mol. The Morgan fingerprint density at radius 1 is 0.621 bits per heavy atom. The zero-order chi connectivity index (χ0) is 45.4. The van der Waals surface area contributed by atoms with Crippen molar-refractivity contribution in [3.8, 4) is 11.5 Å². The largest absolute Gasteiger partial charge is 0.496 e. The van der Waals surface area contributed by atoms with Gasteiger partial charge < -0.3 is 37.4 Å². The summed E-state index contributed by atoms with van der Waals surface area (Å²) in [5.41, 5.74) is 3.33. The van der Waals surface area contributed by atoms with E-state index in [1.807, 2.05) is 39.2 Å². The molecule has 8 saturated carbocycles. The van der Waals surface area contributed by atoms with Gasteiger partial charge in [0.1, 0.15) is 30.3 Å². The third kappa shape index (κ3) is 9.95. The van der Waals surface area contributed by atoms with Crippen LogP contribution in [0.5, 0.6) is 11.5 Å². The molecule has 9 aliphatic rings. The molecular weight excluding hydrogens is 964 g/mol. The van der Waals surface area contributed by atoms with Crippen molar-refractivity contribution in [3.05, 3.63) is 65.2 Å². The summed E-state index contributed by atoms with van der Waals surface area (Å²) < 4.78 is 39.5. The van der Waals surface area contributed by atoms with Crippen molar-refractivity contribution in [2.24, 2.45) is 35.5 Å². The number of nitrogens with zero attached hydrogens (tertiary/aromatic N) is 2. The minimum absolute atomic E-state index is 0. The molecule has 372 valence electrons. The van der Waals surface area contributed by atoms with Crippen LogP contribution in [0.3, 0.4) is 0 Å². The van der Waals surface area contributed by atoms with Crippen molar-refractivity contribution in [2.75, 3.05) is 94.0 Å². The van der Waals surface area contributed by atoms with E-state index < -0.39 is 11.4 Å². The molecule has 8 aliphatic carbocycles. The van der Waals surface area contributed by atoms with E-state index >= 15 is 0 Å². The molecule has 11 rings (SSSR count). The maximum Gasteiger partial charge on any atom is 0.260 e. The molecule has 9 fully saturated rings. The summed E-state index contributed by atoms with van der Waals surface area (Å²) in [4.78, 5) is 12.1. The third-order valence-electron chi connectivity index (χ3n) is 18.0.